The van der Waals surface area contributed by atoms with Gasteiger partial charge in [0.1, 0.15) is 5.82 Å². The van der Waals surface area contributed by atoms with Gasteiger partial charge in [0.2, 0.25) is 15.7 Å². The molecule has 8 heteroatoms. The number of rotatable bonds is 4. The number of fused-ring (bicyclic) bond motifs is 1. The van der Waals surface area contributed by atoms with Gasteiger partial charge in [0.05, 0.1) is 17.1 Å². The van der Waals surface area contributed by atoms with Crippen molar-refractivity contribution in [1.82, 2.24) is 0 Å². The molecule has 1 amide bonds. The first-order valence-electron chi connectivity index (χ1n) is 8.69. The lowest BCUT2D eigenvalue weighted by Gasteiger charge is -2.22. The molecule has 148 valence electrons. The van der Waals surface area contributed by atoms with Crippen molar-refractivity contribution in [1.29, 1.82) is 0 Å². The average Bonchev–Trinajstić information content (AvgIpc) is 2.92. The van der Waals surface area contributed by atoms with Crippen LogP contribution in [0.2, 0.25) is 0 Å². The summed E-state index contributed by atoms with van der Waals surface area (Å²) in [4.78, 5) is 14.3. The first kappa shape index (κ1) is 19.2. The molecule has 4 rings (SSSR count). The Morgan fingerprint density at radius 2 is 1.55 bits per heavy atom. The SMILES string of the molecule is NS(=O)(=O)c1ccc(C2(F)C(=O)N(Cc3ccc(F)cc3)c3ccccc32)cc1. The minimum atomic E-state index is -3.94. The molecule has 0 saturated heterocycles. The normalized spacial score (nSPS) is 18.7. The van der Waals surface area contributed by atoms with Crippen LogP contribution in [0.25, 0.3) is 0 Å². The van der Waals surface area contributed by atoms with E-state index in [1.807, 2.05) is 0 Å². The predicted octanol–water partition coefficient (Wildman–Crippen LogP) is 3.23. The summed E-state index contributed by atoms with van der Waals surface area (Å²) < 4.78 is 52.4. The summed E-state index contributed by atoms with van der Waals surface area (Å²) in [5, 5.41) is 5.09. The third-order valence-electron chi connectivity index (χ3n) is 4.94. The molecule has 0 aromatic heterocycles. The number of halogens is 2. The van der Waals surface area contributed by atoms with Gasteiger partial charge in [-0.05, 0) is 35.9 Å². The second-order valence-electron chi connectivity index (χ2n) is 6.76. The molecule has 0 spiro atoms. The Morgan fingerprint density at radius 1 is 0.931 bits per heavy atom. The van der Waals surface area contributed by atoms with Gasteiger partial charge < -0.3 is 4.90 Å². The van der Waals surface area contributed by atoms with E-state index < -0.39 is 27.4 Å². The monoisotopic (exact) mass is 414 g/mol. The molecule has 0 radical (unpaired) electrons. The van der Waals surface area contributed by atoms with E-state index in [0.717, 1.165) is 0 Å². The smallest absolute Gasteiger partial charge is 0.274 e. The highest BCUT2D eigenvalue weighted by Crippen LogP contribution is 2.47. The van der Waals surface area contributed by atoms with Crippen LogP contribution in [-0.4, -0.2) is 14.3 Å². The lowest BCUT2D eigenvalue weighted by atomic mass is 9.89. The number of hydrogen-bond donors (Lipinski definition) is 1. The van der Waals surface area contributed by atoms with Gasteiger partial charge >= 0.3 is 0 Å². The van der Waals surface area contributed by atoms with Crippen LogP contribution in [0.3, 0.4) is 0 Å². The van der Waals surface area contributed by atoms with E-state index in [1.165, 1.54) is 59.5 Å². The highest BCUT2D eigenvalue weighted by atomic mass is 32.2. The van der Waals surface area contributed by atoms with Crippen molar-refractivity contribution in [3.8, 4) is 0 Å². The zero-order valence-electron chi connectivity index (χ0n) is 15.0. The van der Waals surface area contributed by atoms with E-state index in [2.05, 4.69) is 0 Å². The number of nitrogens with two attached hydrogens (primary N) is 1. The summed E-state index contributed by atoms with van der Waals surface area (Å²) >= 11 is 0. The number of benzene rings is 3. The number of primary sulfonamides is 1. The Balaban J connectivity index is 1.78. The third kappa shape index (κ3) is 3.20. The Kier molecular flexibility index (Phi) is 4.48. The molecule has 1 aliphatic rings. The van der Waals surface area contributed by atoms with Gasteiger partial charge in [0.25, 0.3) is 5.91 Å². The molecule has 29 heavy (non-hydrogen) atoms. The standard InChI is InChI=1S/C21H16F2N2O3S/c22-16-9-5-14(6-10-16)13-25-19-4-2-1-3-18(19)21(23,20(25)26)15-7-11-17(12-8-15)29(24,27)28/h1-12H,13H2,(H2,24,27,28). The van der Waals surface area contributed by atoms with Crippen LogP contribution < -0.4 is 10.0 Å². The van der Waals surface area contributed by atoms with Crippen LogP contribution in [0.15, 0.2) is 77.7 Å². The summed E-state index contributed by atoms with van der Waals surface area (Å²) in [6, 6.07) is 16.9. The number of amides is 1. The summed E-state index contributed by atoms with van der Waals surface area (Å²) in [6.07, 6.45) is 0. The summed E-state index contributed by atoms with van der Waals surface area (Å²) in [5.74, 6) is -1.21. The topological polar surface area (TPSA) is 80.5 Å². The molecule has 0 bridgehead atoms. The fourth-order valence-corrected chi connectivity index (χ4v) is 4.01. The molecule has 5 nitrogen and oxygen atoms in total. The molecule has 0 aliphatic carbocycles. The van der Waals surface area contributed by atoms with E-state index >= 15 is 4.39 Å². The van der Waals surface area contributed by atoms with Crippen LogP contribution in [0.4, 0.5) is 14.5 Å². The molecule has 1 unspecified atom stereocenters. The van der Waals surface area contributed by atoms with E-state index in [4.69, 9.17) is 5.14 Å². The zero-order chi connectivity index (χ0) is 20.8. The van der Waals surface area contributed by atoms with Crippen LogP contribution in [0.5, 0.6) is 0 Å². The Bertz CT molecular complexity index is 1200. The Morgan fingerprint density at radius 3 is 2.17 bits per heavy atom. The van der Waals surface area contributed by atoms with Crippen molar-refractivity contribution < 1.29 is 22.0 Å². The quantitative estimate of drug-likeness (QED) is 0.712. The predicted molar refractivity (Wildman–Crippen MR) is 104 cm³/mol. The zero-order valence-corrected chi connectivity index (χ0v) is 15.9. The molecule has 3 aromatic carbocycles. The number of anilines is 1. The second-order valence-corrected chi connectivity index (χ2v) is 8.32. The van der Waals surface area contributed by atoms with Crippen LogP contribution in [0.1, 0.15) is 16.7 Å². The molecule has 1 aliphatic heterocycles. The van der Waals surface area contributed by atoms with E-state index in [1.54, 1.807) is 18.2 Å². The van der Waals surface area contributed by atoms with Crippen LogP contribution in [0, 0.1) is 5.82 Å². The molecule has 1 atom stereocenters. The molecule has 0 saturated carbocycles. The third-order valence-corrected chi connectivity index (χ3v) is 5.87. The summed E-state index contributed by atoms with van der Waals surface area (Å²) in [5.41, 5.74) is -1.27. The number of carbonyl (C=O) groups excluding carboxylic acids is 1. The number of hydrogen-bond acceptors (Lipinski definition) is 3. The van der Waals surface area contributed by atoms with Crippen molar-refractivity contribution in [3.63, 3.8) is 0 Å². The number of carbonyl (C=O) groups is 1. The highest BCUT2D eigenvalue weighted by Gasteiger charge is 2.53. The highest BCUT2D eigenvalue weighted by molar-refractivity contribution is 7.89. The lowest BCUT2D eigenvalue weighted by Crippen LogP contribution is -2.37. The maximum absolute atomic E-state index is 16.2. The van der Waals surface area contributed by atoms with Gasteiger partial charge in [0.15, 0.2) is 0 Å². The molecular formula is C21H16F2N2O3S. The summed E-state index contributed by atoms with van der Waals surface area (Å²) in [7, 11) is -3.94. The largest absolute Gasteiger partial charge is 0.304 e. The minimum Gasteiger partial charge on any atom is -0.304 e. The maximum Gasteiger partial charge on any atom is 0.274 e. The van der Waals surface area contributed by atoms with Gasteiger partial charge in [-0.25, -0.2) is 22.3 Å². The van der Waals surface area contributed by atoms with E-state index in [9.17, 15) is 17.6 Å². The number of sulfonamides is 1. The molecule has 0 fully saturated rings. The van der Waals surface area contributed by atoms with Crippen molar-refractivity contribution in [2.24, 2.45) is 5.14 Å². The van der Waals surface area contributed by atoms with E-state index in [-0.39, 0.29) is 22.6 Å². The van der Waals surface area contributed by atoms with Gasteiger partial charge in [-0.3, -0.25) is 4.79 Å². The van der Waals surface area contributed by atoms with Crippen molar-refractivity contribution in [2.75, 3.05) is 4.90 Å². The van der Waals surface area contributed by atoms with Gasteiger partial charge in [0, 0.05) is 11.1 Å². The molecule has 2 N–H and O–H groups in total. The van der Waals surface area contributed by atoms with Gasteiger partial charge in [-0.2, -0.15) is 0 Å². The number of para-hydroxylation sites is 1. The lowest BCUT2D eigenvalue weighted by molar-refractivity contribution is -0.127. The maximum atomic E-state index is 16.2. The molecule has 3 aromatic rings. The van der Waals surface area contributed by atoms with Gasteiger partial charge in [-0.1, -0.05) is 42.5 Å². The number of alkyl halides is 1. The molecule has 1 heterocycles. The number of nitrogens with zero attached hydrogens (tertiary/aromatic N) is 1. The summed E-state index contributed by atoms with van der Waals surface area (Å²) in [6.45, 7) is 0.0665. The fourth-order valence-electron chi connectivity index (χ4n) is 3.49. The fraction of sp³-hybridized carbons (Fsp3) is 0.0952. The second kappa shape index (κ2) is 6.75. The van der Waals surface area contributed by atoms with E-state index in [0.29, 0.717) is 11.3 Å². The Hall–Kier alpha value is -3.10. The average molecular weight is 414 g/mol. The first-order valence-corrected chi connectivity index (χ1v) is 10.2. The Labute approximate surface area is 166 Å². The molecular weight excluding hydrogens is 398 g/mol. The van der Waals surface area contributed by atoms with Crippen molar-refractivity contribution in [2.45, 2.75) is 17.1 Å². The minimum absolute atomic E-state index is 0.00366. The van der Waals surface area contributed by atoms with Crippen LogP contribution in [-0.2, 0) is 27.0 Å². The van der Waals surface area contributed by atoms with Gasteiger partial charge in [-0.15, -0.1) is 0 Å². The van der Waals surface area contributed by atoms with Crippen molar-refractivity contribution in [3.05, 3.63) is 95.3 Å². The first-order chi connectivity index (χ1) is 13.7. The van der Waals surface area contributed by atoms with Crippen LogP contribution >= 0.6 is 0 Å². The van der Waals surface area contributed by atoms with Crippen molar-refractivity contribution >= 4 is 21.6 Å².